The highest BCUT2D eigenvalue weighted by Crippen LogP contribution is 2.48. The molecule has 2 N–H and O–H groups in total. The summed E-state index contributed by atoms with van der Waals surface area (Å²) in [6, 6.07) is 14.9. The summed E-state index contributed by atoms with van der Waals surface area (Å²) in [6.07, 6.45) is -3.06. The molecule has 0 bridgehead atoms. The highest BCUT2D eigenvalue weighted by atomic mass is 32.2. The summed E-state index contributed by atoms with van der Waals surface area (Å²) in [6.45, 7) is 1.68. The molecule has 4 rings (SSSR count). The van der Waals surface area contributed by atoms with Gasteiger partial charge in [0, 0.05) is 17.5 Å². The van der Waals surface area contributed by atoms with Crippen molar-refractivity contribution in [3.63, 3.8) is 0 Å². The molecule has 1 aromatic heterocycles. The van der Waals surface area contributed by atoms with Crippen LogP contribution in [0.1, 0.15) is 29.7 Å². The number of carboxylic acid groups (broad SMARTS) is 1. The number of benzene rings is 2. The van der Waals surface area contributed by atoms with Crippen LogP contribution < -0.4 is 0 Å². The third-order valence-electron chi connectivity index (χ3n) is 5.88. The van der Waals surface area contributed by atoms with Gasteiger partial charge in [-0.2, -0.15) is 13.2 Å². The lowest BCUT2D eigenvalue weighted by Gasteiger charge is -2.12. The predicted octanol–water partition coefficient (Wildman–Crippen LogP) is 5.59. The Morgan fingerprint density at radius 3 is 2.15 bits per heavy atom. The van der Waals surface area contributed by atoms with E-state index in [2.05, 4.69) is 5.16 Å². The van der Waals surface area contributed by atoms with E-state index in [-0.39, 0.29) is 6.42 Å². The average Bonchev–Trinajstić information content (AvgIpc) is 3.52. The molecule has 1 atom stereocenters. The first-order valence-corrected chi connectivity index (χ1v) is 11.4. The fraction of sp³-hybridized carbons (Fsp3) is 0.333. The molecule has 2 aromatic carbocycles. The minimum atomic E-state index is -4.35. The maximum Gasteiger partial charge on any atom is 0.397 e. The Kier molecular flexibility index (Phi) is 6.28. The van der Waals surface area contributed by atoms with Crippen LogP contribution in [-0.2, 0) is 16.6 Å². The molecule has 0 spiro atoms. The number of rotatable bonds is 8. The number of hydrogen-bond acceptors (Lipinski definition) is 5. The number of aromatic nitrogens is 1. The van der Waals surface area contributed by atoms with Gasteiger partial charge in [-0.25, -0.2) is 0 Å². The molecular weight excluding hydrogens is 455 g/mol. The molecule has 1 unspecified atom stereocenters. The largest absolute Gasteiger partial charge is 0.481 e. The zero-order chi connectivity index (χ0) is 23.8. The fourth-order valence-electron chi connectivity index (χ4n) is 3.83. The van der Waals surface area contributed by atoms with E-state index in [0.717, 1.165) is 16.7 Å². The number of carbonyl (C=O) groups is 1. The van der Waals surface area contributed by atoms with Gasteiger partial charge in [-0.1, -0.05) is 53.7 Å². The normalized spacial score (nSPS) is 15.9. The molecule has 9 heteroatoms. The molecule has 0 aliphatic heterocycles. The molecule has 174 valence electrons. The molecular formula is C24H22F3NO4S. The van der Waals surface area contributed by atoms with E-state index in [1.54, 1.807) is 6.92 Å². The summed E-state index contributed by atoms with van der Waals surface area (Å²) in [4.78, 5) is 11.5. The Morgan fingerprint density at radius 1 is 1.09 bits per heavy atom. The molecule has 33 heavy (non-hydrogen) atoms. The number of thioether (sulfide) groups is 1. The van der Waals surface area contributed by atoms with Gasteiger partial charge >= 0.3 is 12.1 Å². The van der Waals surface area contributed by atoms with Crippen molar-refractivity contribution >= 4 is 17.7 Å². The first-order valence-electron chi connectivity index (χ1n) is 10.4. The van der Waals surface area contributed by atoms with Crippen molar-refractivity contribution in [1.29, 1.82) is 0 Å². The van der Waals surface area contributed by atoms with E-state index < -0.39 is 28.7 Å². The van der Waals surface area contributed by atoms with E-state index in [1.807, 2.05) is 48.5 Å². The fourth-order valence-corrected chi connectivity index (χ4v) is 4.49. The third-order valence-corrected chi connectivity index (χ3v) is 6.93. The Bertz CT molecular complexity index is 1140. The topological polar surface area (TPSA) is 83.6 Å². The number of aliphatic hydroxyl groups is 1. The van der Waals surface area contributed by atoms with E-state index in [0.29, 0.717) is 47.2 Å². The molecule has 1 fully saturated rings. The Hall–Kier alpha value is -2.78. The van der Waals surface area contributed by atoms with Crippen molar-refractivity contribution < 1.29 is 32.7 Å². The first kappa shape index (κ1) is 23.4. The van der Waals surface area contributed by atoms with Crippen LogP contribution >= 0.6 is 11.8 Å². The van der Waals surface area contributed by atoms with Gasteiger partial charge in [-0.3, -0.25) is 4.79 Å². The molecule has 1 aliphatic rings. The van der Waals surface area contributed by atoms with Gasteiger partial charge in [0.1, 0.15) is 5.44 Å². The van der Waals surface area contributed by atoms with Crippen LogP contribution in [0.4, 0.5) is 13.2 Å². The van der Waals surface area contributed by atoms with Crippen LogP contribution in [0.3, 0.4) is 0 Å². The molecule has 0 radical (unpaired) electrons. The van der Waals surface area contributed by atoms with Crippen LogP contribution in [0, 0.1) is 6.92 Å². The van der Waals surface area contributed by atoms with Crippen molar-refractivity contribution in [1.82, 2.24) is 5.16 Å². The SMILES string of the molecule is Cc1noc(-c2ccc(-c3ccc(C4(C(=O)O)CC4)cc3)cc2)c1CC(O)SCC(F)(F)F. The van der Waals surface area contributed by atoms with Gasteiger partial charge in [-0.05, 0) is 36.5 Å². The molecule has 1 aliphatic carbocycles. The number of aliphatic hydroxyl groups excluding tert-OH is 1. The molecule has 1 heterocycles. The van der Waals surface area contributed by atoms with Gasteiger partial charge in [-0.15, -0.1) is 11.8 Å². The molecule has 1 saturated carbocycles. The summed E-state index contributed by atoms with van der Waals surface area (Å²) >= 11 is 0.427. The van der Waals surface area contributed by atoms with E-state index in [9.17, 15) is 28.2 Å². The van der Waals surface area contributed by atoms with Gasteiger partial charge in [0.05, 0.1) is 16.9 Å². The van der Waals surface area contributed by atoms with E-state index in [1.165, 1.54) is 0 Å². The zero-order valence-electron chi connectivity index (χ0n) is 17.7. The maximum atomic E-state index is 12.4. The molecule has 5 nitrogen and oxygen atoms in total. The second kappa shape index (κ2) is 8.87. The lowest BCUT2D eigenvalue weighted by atomic mass is 9.93. The van der Waals surface area contributed by atoms with Crippen molar-refractivity contribution in [2.45, 2.75) is 43.2 Å². The number of halogens is 3. The average molecular weight is 478 g/mol. The summed E-state index contributed by atoms with van der Waals surface area (Å²) in [5, 5.41) is 23.4. The van der Waals surface area contributed by atoms with Gasteiger partial charge < -0.3 is 14.7 Å². The van der Waals surface area contributed by atoms with Crippen LogP contribution in [0.25, 0.3) is 22.5 Å². The number of carboxylic acids is 1. The van der Waals surface area contributed by atoms with Gasteiger partial charge in [0.15, 0.2) is 5.76 Å². The van der Waals surface area contributed by atoms with Gasteiger partial charge in [0.25, 0.3) is 0 Å². The first-order chi connectivity index (χ1) is 15.6. The second-order valence-electron chi connectivity index (χ2n) is 8.20. The summed E-state index contributed by atoms with van der Waals surface area (Å²) < 4.78 is 42.7. The third kappa shape index (κ3) is 5.09. The Labute approximate surface area is 192 Å². The summed E-state index contributed by atoms with van der Waals surface area (Å²) in [5.41, 5.74) is 2.46. The number of hydrogen-bond donors (Lipinski definition) is 2. The highest BCUT2D eigenvalue weighted by Gasteiger charge is 2.51. The lowest BCUT2D eigenvalue weighted by molar-refractivity contribution is -0.140. The standard InChI is InChI=1S/C24H22F3NO4S/c1-14-19(12-20(29)33-13-24(25,26)27)21(32-28-14)17-4-2-15(3-5-17)16-6-8-18(9-7-16)23(10-11-23)22(30)31/h2-9,20,29H,10-13H2,1H3,(H,30,31). The summed E-state index contributed by atoms with van der Waals surface area (Å²) in [7, 11) is 0. The Balaban J connectivity index is 1.49. The minimum absolute atomic E-state index is 0.0139. The number of aryl methyl sites for hydroxylation is 1. The number of aliphatic carboxylic acids is 1. The van der Waals surface area contributed by atoms with Crippen LogP contribution in [0.2, 0.25) is 0 Å². The maximum absolute atomic E-state index is 12.4. The van der Waals surface area contributed by atoms with E-state index >= 15 is 0 Å². The smallest absolute Gasteiger partial charge is 0.397 e. The molecule has 0 amide bonds. The Morgan fingerprint density at radius 2 is 1.64 bits per heavy atom. The van der Waals surface area contributed by atoms with Crippen LogP contribution in [-0.4, -0.2) is 38.7 Å². The minimum Gasteiger partial charge on any atom is -0.481 e. The monoisotopic (exact) mass is 477 g/mol. The quantitative estimate of drug-likeness (QED) is 0.412. The number of nitrogens with zero attached hydrogens (tertiary/aromatic N) is 1. The van der Waals surface area contributed by atoms with Crippen molar-refractivity contribution in [2.75, 3.05) is 5.75 Å². The van der Waals surface area contributed by atoms with Crippen molar-refractivity contribution in [2.24, 2.45) is 0 Å². The summed E-state index contributed by atoms with van der Waals surface area (Å²) in [5.74, 6) is -1.51. The number of alkyl halides is 3. The van der Waals surface area contributed by atoms with Crippen molar-refractivity contribution in [3.05, 3.63) is 65.4 Å². The lowest BCUT2D eigenvalue weighted by Crippen LogP contribution is -2.19. The van der Waals surface area contributed by atoms with Crippen LogP contribution in [0.15, 0.2) is 53.1 Å². The second-order valence-corrected chi connectivity index (χ2v) is 9.37. The van der Waals surface area contributed by atoms with Crippen molar-refractivity contribution in [3.8, 4) is 22.5 Å². The predicted molar refractivity (Wildman–Crippen MR) is 119 cm³/mol. The molecule has 0 saturated heterocycles. The zero-order valence-corrected chi connectivity index (χ0v) is 18.5. The molecule has 3 aromatic rings. The highest BCUT2D eigenvalue weighted by molar-refractivity contribution is 7.99. The van der Waals surface area contributed by atoms with Gasteiger partial charge in [0.2, 0.25) is 0 Å². The van der Waals surface area contributed by atoms with Crippen LogP contribution in [0.5, 0.6) is 0 Å². The van der Waals surface area contributed by atoms with E-state index in [4.69, 9.17) is 4.52 Å².